The number of rotatable bonds is 4. The van der Waals surface area contributed by atoms with Gasteiger partial charge in [0.25, 0.3) is 0 Å². The fourth-order valence-corrected chi connectivity index (χ4v) is 3.80. The van der Waals surface area contributed by atoms with Gasteiger partial charge in [-0.15, -0.1) is 0 Å². The number of hydrogen-bond donors (Lipinski definition) is 2. The van der Waals surface area contributed by atoms with E-state index in [0.29, 0.717) is 6.04 Å². The van der Waals surface area contributed by atoms with E-state index in [0.717, 1.165) is 30.9 Å². The van der Waals surface area contributed by atoms with Crippen molar-refractivity contribution >= 4 is 10.9 Å². The number of para-hydroxylation sites is 1. The second-order valence-corrected chi connectivity index (χ2v) is 6.34. The van der Waals surface area contributed by atoms with Crippen molar-refractivity contribution in [3.8, 4) is 11.5 Å². The number of benzene rings is 2. The molecule has 0 spiro atoms. The van der Waals surface area contributed by atoms with E-state index < -0.39 is 0 Å². The molecular formula is C20H23N2O2+. The number of H-pyrrole nitrogens is 1. The summed E-state index contributed by atoms with van der Waals surface area (Å²) in [7, 11) is 3.35. The third-order valence-corrected chi connectivity index (χ3v) is 4.97. The largest absolute Gasteiger partial charge is 0.493 e. The van der Waals surface area contributed by atoms with E-state index in [4.69, 9.17) is 9.47 Å². The molecule has 4 nitrogen and oxygen atoms in total. The highest BCUT2D eigenvalue weighted by atomic mass is 16.5. The molecule has 0 radical (unpaired) electrons. The fourth-order valence-electron chi connectivity index (χ4n) is 3.80. The summed E-state index contributed by atoms with van der Waals surface area (Å²) in [6.07, 6.45) is 2.10. The quantitative estimate of drug-likeness (QED) is 0.775. The van der Waals surface area contributed by atoms with Crippen molar-refractivity contribution in [2.24, 2.45) is 0 Å². The number of hydrogen-bond acceptors (Lipinski definition) is 2. The molecule has 0 amide bonds. The van der Waals surface area contributed by atoms with Crippen LogP contribution in [-0.2, 0) is 12.8 Å². The van der Waals surface area contributed by atoms with Gasteiger partial charge >= 0.3 is 0 Å². The molecule has 4 rings (SSSR count). The minimum absolute atomic E-state index is 0.416. The topological polar surface area (TPSA) is 50.9 Å². The number of quaternary nitrogens is 1. The third kappa shape index (κ3) is 2.53. The highest BCUT2D eigenvalue weighted by Gasteiger charge is 2.27. The second kappa shape index (κ2) is 6.21. The normalized spacial score (nSPS) is 16.8. The van der Waals surface area contributed by atoms with E-state index in [9.17, 15) is 0 Å². The molecule has 1 aromatic heterocycles. The lowest BCUT2D eigenvalue weighted by Crippen LogP contribution is -2.87. The van der Waals surface area contributed by atoms with E-state index in [-0.39, 0.29) is 0 Å². The van der Waals surface area contributed by atoms with Gasteiger partial charge in [-0.3, -0.25) is 0 Å². The lowest BCUT2D eigenvalue weighted by atomic mass is 9.94. The maximum atomic E-state index is 5.44. The molecule has 1 aliphatic heterocycles. The Kier molecular flexibility index (Phi) is 3.90. The van der Waals surface area contributed by atoms with E-state index in [1.165, 1.54) is 27.7 Å². The molecule has 1 atom stereocenters. The van der Waals surface area contributed by atoms with Gasteiger partial charge in [0.2, 0.25) is 0 Å². The standard InChI is InChI=1S/C20H22N2O2/c1-23-18-8-7-13(12-19(18)24-2)11-17-20-15(9-10-21-17)14-5-3-4-6-16(14)22-20/h3-8,12,17,21-22H,9-11H2,1-2H3/p+1/t17-/m1/s1. The second-order valence-electron chi connectivity index (χ2n) is 6.34. The van der Waals surface area contributed by atoms with E-state index in [2.05, 4.69) is 46.7 Å². The van der Waals surface area contributed by atoms with Gasteiger partial charge < -0.3 is 19.8 Å². The highest BCUT2D eigenvalue weighted by molar-refractivity contribution is 5.84. The first kappa shape index (κ1) is 15.1. The Bertz CT molecular complexity index is 869. The van der Waals surface area contributed by atoms with E-state index in [1.807, 2.05) is 6.07 Å². The Balaban J connectivity index is 1.67. The van der Waals surface area contributed by atoms with Crippen molar-refractivity contribution < 1.29 is 14.8 Å². The molecule has 0 bridgehead atoms. The molecule has 0 saturated carbocycles. The van der Waals surface area contributed by atoms with Crippen LogP contribution in [0.15, 0.2) is 42.5 Å². The third-order valence-electron chi connectivity index (χ3n) is 4.97. The van der Waals surface area contributed by atoms with E-state index >= 15 is 0 Å². The average Bonchev–Trinajstić information content (AvgIpc) is 3.01. The minimum atomic E-state index is 0.416. The molecule has 2 aromatic carbocycles. The minimum Gasteiger partial charge on any atom is -0.493 e. The predicted molar refractivity (Wildman–Crippen MR) is 94.8 cm³/mol. The fraction of sp³-hybridized carbons (Fsp3) is 0.300. The van der Waals surface area contributed by atoms with Crippen molar-refractivity contribution in [2.45, 2.75) is 18.9 Å². The monoisotopic (exact) mass is 323 g/mol. The van der Waals surface area contributed by atoms with Crippen LogP contribution in [0.25, 0.3) is 10.9 Å². The zero-order chi connectivity index (χ0) is 16.5. The van der Waals surface area contributed by atoms with Crippen LogP contribution in [0.1, 0.15) is 22.9 Å². The Labute approximate surface area is 141 Å². The van der Waals surface area contributed by atoms with Crippen LogP contribution in [0, 0.1) is 0 Å². The molecule has 1 aliphatic rings. The predicted octanol–water partition coefficient (Wildman–Crippen LogP) is 2.59. The van der Waals surface area contributed by atoms with Crippen LogP contribution in [0.2, 0.25) is 0 Å². The summed E-state index contributed by atoms with van der Waals surface area (Å²) >= 11 is 0. The van der Waals surface area contributed by atoms with Crippen LogP contribution >= 0.6 is 0 Å². The van der Waals surface area contributed by atoms with Crippen molar-refractivity contribution in [2.75, 3.05) is 20.8 Å². The number of ether oxygens (including phenoxy) is 2. The number of aromatic nitrogens is 1. The first-order chi connectivity index (χ1) is 11.8. The van der Waals surface area contributed by atoms with Gasteiger partial charge in [-0.2, -0.15) is 0 Å². The molecule has 3 N–H and O–H groups in total. The van der Waals surface area contributed by atoms with Gasteiger partial charge in [0.15, 0.2) is 11.5 Å². The van der Waals surface area contributed by atoms with Gasteiger partial charge in [-0.1, -0.05) is 24.3 Å². The van der Waals surface area contributed by atoms with Crippen LogP contribution in [0.4, 0.5) is 0 Å². The lowest BCUT2D eigenvalue weighted by molar-refractivity contribution is -0.699. The Hall–Kier alpha value is -2.46. The maximum Gasteiger partial charge on any atom is 0.160 e. The molecule has 0 unspecified atom stereocenters. The summed E-state index contributed by atoms with van der Waals surface area (Å²) in [5, 5.41) is 3.81. The molecule has 0 saturated heterocycles. The maximum absolute atomic E-state index is 5.44. The summed E-state index contributed by atoms with van der Waals surface area (Å²) in [6, 6.07) is 15.2. The molecule has 0 fully saturated rings. The first-order valence-corrected chi connectivity index (χ1v) is 8.44. The van der Waals surface area contributed by atoms with Gasteiger partial charge in [0, 0.05) is 23.7 Å². The zero-order valence-electron chi connectivity index (χ0n) is 14.1. The molecule has 124 valence electrons. The molecule has 0 aliphatic carbocycles. The number of nitrogens with one attached hydrogen (secondary N) is 1. The molecule has 4 heteroatoms. The summed E-state index contributed by atoms with van der Waals surface area (Å²) < 4.78 is 10.8. The number of nitrogens with two attached hydrogens (primary N) is 1. The SMILES string of the molecule is COc1ccc(C[C@H]2[NH2+]CCc3c2[nH]c2ccccc32)cc1OC. The molecular weight excluding hydrogens is 300 g/mol. The summed E-state index contributed by atoms with van der Waals surface area (Å²) in [5.74, 6) is 1.57. The van der Waals surface area contributed by atoms with Gasteiger partial charge in [-0.25, -0.2) is 0 Å². The van der Waals surface area contributed by atoms with Crippen LogP contribution in [-0.4, -0.2) is 25.7 Å². The number of fused-ring (bicyclic) bond motifs is 3. The van der Waals surface area contributed by atoms with Gasteiger partial charge in [0.1, 0.15) is 6.04 Å². The lowest BCUT2D eigenvalue weighted by Gasteiger charge is -2.21. The van der Waals surface area contributed by atoms with Crippen molar-refractivity contribution in [3.05, 3.63) is 59.3 Å². The zero-order valence-corrected chi connectivity index (χ0v) is 14.1. The summed E-state index contributed by atoms with van der Waals surface area (Å²) in [6.45, 7) is 1.13. The number of aromatic amines is 1. The van der Waals surface area contributed by atoms with Crippen molar-refractivity contribution in [1.82, 2.24) is 4.98 Å². The molecule has 3 aromatic rings. The van der Waals surface area contributed by atoms with Crippen molar-refractivity contribution in [1.29, 1.82) is 0 Å². The van der Waals surface area contributed by atoms with Crippen LogP contribution in [0.3, 0.4) is 0 Å². The first-order valence-electron chi connectivity index (χ1n) is 8.44. The highest BCUT2D eigenvalue weighted by Crippen LogP contribution is 2.32. The Morgan fingerprint density at radius 3 is 2.75 bits per heavy atom. The van der Waals surface area contributed by atoms with E-state index in [1.54, 1.807) is 14.2 Å². The smallest absolute Gasteiger partial charge is 0.160 e. The van der Waals surface area contributed by atoms with Crippen molar-refractivity contribution in [3.63, 3.8) is 0 Å². The molecule has 24 heavy (non-hydrogen) atoms. The Morgan fingerprint density at radius 1 is 1.08 bits per heavy atom. The Morgan fingerprint density at radius 2 is 1.92 bits per heavy atom. The van der Waals surface area contributed by atoms with Crippen LogP contribution < -0.4 is 14.8 Å². The summed E-state index contributed by atoms with van der Waals surface area (Å²) in [4.78, 5) is 3.65. The van der Waals surface area contributed by atoms with Gasteiger partial charge in [0.05, 0.1) is 26.5 Å². The van der Waals surface area contributed by atoms with Crippen LogP contribution in [0.5, 0.6) is 11.5 Å². The van der Waals surface area contributed by atoms with Gasteiger partial charge in [-0.05, 0) is 29.3 Å². The average molecular weight is 323 g/mol. The molecule has 2 heterocycles. The number of methoxy groups -OCH3 is 2. The summed E-state index contributed by atoms with van der Waals surface area (Å²) in [5.41, 5.74) is 5.37.